The zero-order valence-corrected chi connectivity index (χ0v) is 22.9. The lowest BCUT2D eigenvalue weighted by atomic mass is 10.0. The summed E-state index contributed by atoms with van der Waals surface area (Å²) in [5.41, 5.74) is 18.5. The van der Waals surface area contributed by atoms with Crippen molar-refractivity contribution < 1.29 is 24.3 Å². The summed E-state index contributed by atoms with van der Waals surface area (Å²) in [6, 6.07) is 14.7. The molecule has 4 atom stereocenters. The summed E-state index contributed by atoms with van der Waals surface area (Å²) in [6.07, 6.45) is 1.90. The maximum Gasteiger partial charge on any atom is 0.326 e. The number of aliphatic carboxylic acids is 1. The summed E-state index contributed by atoms with van der Waals surface area (Å²) >= 11 is 0. The number of carbonyl (C=O) groups excluding carboxylic acids is 3. The standard InChI is InChI=1S/C29H39N7O5/c30-21(17-19-9-3-1-4-10-19)25(37)35-23(18-20-11-5-2-6-12-20)27(39)36-16-8-14-24(36)26(38)34-22(28(40)41)13-7-15-33-29(31)32/h1-6,9-12,21-24H,7-8,13-18,30H2,(H,34,38)(H,35,37)(H,40,41)(H4,31,32,33)/t21-,22-,23-,24-/m0/s1. The third-order valence-corrected chi connectivity index (χ3v) is 6.93. The number of hydrogen-bond donors (Lipinski definition) is 6. The zero-order chi connectivity index (χ0) is 29.8. The Bertz CT molecular complexity index is 1200. The first kappa shape index (κ1) is 31.1. The van der Waals surface area contributed by atoms with Crippen LogP contribution in [0, 0.1) is 0 Å². The van der Waals surface area contributed by atoms with Gasteiger partial charge in [-0.15, -0.1) is 0 Å². The van der Waals surface area contributed by atoms with Gasteiger partial charge in [-0.25, -0.2) is 4.79 Å². The normalized spacial score (nSPS) is 16.7. The molecule has 1 aliphatic heterocycles. The van der Waals surface area contributed by atoms with Crippen LogP contribution in [0.25, 0.3) is 0 Å². The van der Waals surface area contributed by atoms with E-state index in [1.807, 2.05) is 60.7 Å². The third-order valence-electron chi connectivity index (χ3n) is 6.93. The summed E-state index contributed by atoms with van der Waals surface area (Å²) in [4.78, 5) is 57.1. The third kappa shape index (κ3) is 9.60. The first-order valence-electron chi connectivity index (χ1n) is 13.7. The van der Waals surface area contributed by atoms with Crippen molar-refractivity contribution in [1.29, 1.82) is 0 Å². The van der Waals surface area contributed by atoms with Gasteiger partial charge in [-0.1, -0.05) is 60.7 Å². The van der Waals surface area contributed by atoms with Crippen molar-refractivity contribution in [2.45, 2.75) is 62.7 Å². The SMILES string of the molecule is NC(N)=NCCC[C@H](NC(=O)[C@@H]1CCCN1C(=O)[C@H](Cc1ccccc1)NC(=O)[C@@H](N)Cc1ccccc1)C(=O)O. The molecule has 41 heavy (non-hydrogen) atoms. The molecule has 1 fully saturated rings. The van der Waals surface area contributed by atoms with Crippen LogP contribution in [0.5, 0.6) is 0 Å². The highest BCUT2D eigenvalue weighted by atomic mass is 16.4. The first-order chi connectivity index (χ1) is 19.7. The Morgan fingerprint density at radius 2 is 1.54 bits per heavy atom. The molecular formula is C29H39N7O5. The highest BCUT2D eigenvalue weighted by molar-refractivity contribution is 5.94. The van der Waals surface area contributed by atoms with Crippen LogP contribution in [0.2, 0.25) is 0 Å². The molecule has 3 rings (SSSR count). The lowest BCUT2D eigenvalue weighted by Crippen LogP contribution is -2.57. The van der Waals surface area contributed by atoms with Gasteiger partial charge in [0.2, 0.25) is 17.7 Å². The number of carboxylic acid groups (broad SMARTS) is 1. The number of rotatable bonds is 14. The summed E-state index contributed by atoms with van der Waals surface area (Å²) in [5, 5.41) is 15.0. The lowest BCUT2D eigenvalue weighted by Gasteiger charge is -2.30. The van der Waals surface area contributed by atoms with E-state index in [0.29, 0.717) is 32.2 Å². The van der Waals surface area contributed by atoms with Gasteiger partial charge in [0.05, 0.1) is 6.04 Å². The Labute approximate surface area is 239 Å². The van der Waals surface area contributed by atoms with Crippen molar-refractivity contribution in [1.82, 2.24) is 15.5 Å². The molecule has 9 N–H and O–H groups in total. The fraction of sp³-hybridized carbons (Fsp3) is 0.414. The van der Waals surface area contributed by atoms with E-state index in [4.69, 9.17) is 17.2 Å². The van der Waals surface area contributed by atoms with E-state index < -0.39 is 47.9 Å². The number of guanidine groups is 1. The molecule has 0 spiro atoms. The lowest BCUT2D eigenvalue weighted by molar-refractivity contribution is -0.145. The Morgan fingerprint density at radius 3 is 2.12 bits per heavy atom. The Kier molecular flexibility index (Phi) is 11.6. The fourth-order valence-electron chi connectivity index (χ4n) is 4.82. The molecule has 0 bridgehead atoms. The molecule has 3 amide bonds. The molecule has 2 aromatic carbocycles. The average Bonchev–Trinajstić information content (AvgIpc) is 3.45. The van der Waals surface area contributed by atoms with E-state index in [0.717, 1.165) is 11.1 Å². The van der Waals surface area contributed by atoms with Crippen LogP contribution in [-0.4, -0.2) is 76.9 Å². The molecule has 0 aliphatic carbocycles. The number of aliphatic imine (C=N–C) groups is 1. The van der Waals surface area contributed by atoms with Gasteiger partial charge in [-0.2, -0.15) is 0 Å². The van der Waals surface area contributed by atoms with Gasteiger partial charge in [-0.3, -0.25) is 19.4 Å². The van der Waals surface area contributed by atoms with Crippen LogP contribution in [0.15, 0.2) is 65.7 Å². The molecule has 12 nitrogen and oxygen atoms in total. The Balaban J connectivity index is 1.71. The highest BCUT2D eigenvalue weighted by Gasteiger charge is 2.39. The summed E-state index contributed by atoms with van der Waals surface area (Å²) in [7, 11) is 0. The van der Waals surface area contributed by atoms with Gasteiger partial charge >= 0.3 is 5.97 Å². The van der Waals surface area contributed by atoms with E-state index in [1.165, 1.54) is 4.90 Å². The Hall–Kier alpha value is -4.45. The van der Waals surface area contributed by atoms with E-state index in [2.05, 4.69) is 15.6 Å². The number of nitrogens with one attached hydrogen (secondary N) is 2. The molecule has 0 radical (unpaired) electrons. The molecule has 1 aliphatic rings. The second-order valence-electron chi connectivity index (χ2n) is 10.1. The van der Waals surface area contributed by atoms with Crippen molar-refractivity contribution in [3.05, 3.63) is 71.8 Å². The smallest absolute Gasteiger partial charge is 0.326 e. The summed E-state index contributed by atoms with van der Waals surface area (Å²) < 4.78 is 0. The predicted octanol–water partition coefficient (Wildman–Crippen LogP) is -0.102. The highest BCUT2D eigenvalue weighted by Crippen LogP contribution is 2.20. The van der Waals surface area contributed by atoms with Crippen LogP contribution in [0.1, 0.15) is 36.8 Å². The van der Waals surface area contributed by atoms with Gasteiger partial charge in [0.1, 0.15) is 18.1 Å². The van der Waals surface area contributed by atoms with Gasteiger partial charge in [0.25, 0.3) is 0 Å². The average molecular weight is 566 g/mol. The number of nitrogens with zero attached hydrogens (tertiary/aromatic N) is 2. The molecule has 220 valence electrons. The quantitative estimate of drug-likeness (QED) is 0.103. The number of hydrogen-bond acceptors (Lipinski definition) is 6. The molecule has 2 aromatic rings. The summed E-state index contributed by atoms with van der Waals surface area (Å²) in [5.74, 6) is -2.75. The molecule has 1 heterocycles. The maximum atomic E-state index is 13.8. The van der Waals surface area contributed by atoms with Crippen LogP contribution in [0.3, 0.4) is 0 Å². The van der Waals surface area contributed by atoms with Crippen molar-refractivity contribution >= 4 is 29.7 Å². The number of likely N-dealkylation sites (tertiary alicyclic amines) is 1. The van der Waals surface area contributed by atoms with Gasteiger partial charge in [-0.05, 0) is 43.2 Å². The van der Waals surface area contributed by atoms with Crippen LogP contribution < -0.4 is 27.8 Å². The topological polar surface area (TPSA) is 206 Å². The number of carboxylic acids is 1. The van der Waals surface area contributed by atoms with Crippen molar-refractivity contribution in [3.63, 3.8) is 0 Å². The Morgan fingerprint density at radius 1 is 0.927 bits per heavy atom. The van der Waals surface area contributed by atoms with Crippen LogP contribution in [0.4, 0.5) is 0 Å². The zero-order valence-electron chi connectivity index (χ0n) is 22.9. The maximum absolute atomic E-state index is 13.8. The first-order valence-corrected chi connectivity index (χ1v) is 13.7. The van der Waals surface area contributed by atoms with Crippen LogP contribution >= 0.6 is 0 Å². The second kappa shape index (κ2) is 15.4. The number of nitrogens with two attached hydrogens (primary N) is 3. The van der Waals surface area contributed by atoms with Crippen molar-refractivity contribution in [3.8, 4) is 0 Å². The minimum atomic E-state index is -1.19. The summed E-state index contributed by atoms with van der Waals surface area (Å²) in [6.45, 7) is 0.527. The molecule has 1 saturated heterocycles. The molecule has 12 heteroatoms. The number of amides is 3. The largest absolute Gasteiger partial charge is 0.480 e. The molecule has 0 saturated carbocycles. The van der Waals surface area contributed by atoms with E-state index >= 15 is 0 Å². The van der Waals surface area contributed by atoms with E-state index in [9.17, 15) is 24.3 Å². The second-order valence-corrected chi connectivity index (χ2v) is 10.1. The number of benzene rings is 2. The minimum absolute atomic E-state index is 0.0980. The molecule has 0 unspecified atom stereocenters. The fourth-order valence-corrected chi connectivity index (χ4v) is 4.82. The molecular weight excluding hydrogens is 526 g/mol. The van der Waals surface area contributed by atoms with Crippen molar-refractivity contribution in [2.75, 3.05) is 13.1 Å². The van der Waals surface area contributed by atoms with E-state index in [1.54, 1.807) is 0 Å². The minimum Gasteiger partial charge on any atom is -0.480 e. The van der Waals surface area contributed by atoms with Gasteiger partial charge in [0.15, 0.2) is 5.96 Å². The molecule has 0 aromatic heterocycles. The monoisotopic (exact) mass is 565 g/mol. The van der Waals surface area contributed by atoms with Crippen molar-refractivity contribution in [2.24, 2.45) is 22.2 Å². The van der Waals surface area contributed by atoms with Gasteiger partial charge in [0, 0.05) is 19.5 Å². The number of carbonyl (C=O) groups is 4. The van der Waals surface area contributed by atoms with E-state index in [-0.39, 0.29) is 25.3 Å². The van der Waals surface area contributed by atoms with Gasteiger partial charge < -0.3 is 37.8 Å². The van der Waals surface area contributed by atoms with Crippen LogP contribution in [-0.2, 0) is 32.0 Å². The predicted molar refractivity (Wildman–Crippen MR) is 154 cm³/mol.